The van der Waals surface area contributed by atoms with E-state index in [1.165, 1.54) is 12.1 Å². The van der Waals surface area contributed by atoms with Crippen LogP contribution < -0.4 is 10.6 Å². The van der Waals surface area contributed by atoms with Crippen LogP contribution in [0.5, 0.6) is 0 Å². The van der Waals surface area contributed by atoms with E-state index in [0.717, 1.165) is 31.5 Å². The molecule has 2 heterocycles. The maximum Gasteiger partial charge on any atom is 0.276 e. The van der Waals surface area contributed by atoms with Gasteiger partial charge in [-0.05, 0) is 50.1 Å². The molecule has 1 atom stereocenters. The zero-order chi connectivity index (χ0) is 15.5. The lowest BCUT2D eigenvalue weighted by molar-refractivity contribution is 0.102. The average molecular weight is 339 g/mol. The minimum atomic E-state index is -0.375. The molecule has 1 fully saturated rings. The van der Waals surface area contributed by atoms with Crippen LogP contribution >= 0.6 is 12.4 Å². The normalized spacial score (nSPS) is 17.4. The van der Waals surface area contributed by atoms with E-state index in [-0.39, 0.29) is 30.2 Å². The average Bonchev–Trinajstić information content (AvgIpc) is 3.02. The monoisotopic (exact) mass is 338 g/mol. The number of piperidine rings is 1. The lowest BCUT2D eigenvalue weighted by Crippen LogP contribution is -2.32. The van der Waals surface area contributed by atoms with Gasteiger partial charge in [0.15, 0.2) is 5.69 Å². The van der Waals surface area contributed by atoms with Gasteiger partial charge in [-0.15, -0.1) is 12.4 Å². The number of aromatic nitrogens is 2. The van der Waals surface area contributed by atoms with Crippen molar-refractivity contribution in [3.8, 4) is 0 Å². The van der Waals surface area contributed by atoms with Crippen LogP contribution in [0.1, 0.15) is 34.9 Å². The van der Waals surface area contributed by atoms with Gasteiger partial charge in [0.05, 0.1) is 6.04 Å². The topological polar surface area (TPSA) is 59.0 Å². The van der Waals surface area contributed by atoms with E-state index in [9.17, 15) is 9.18 Å². The summed E-state index contributed by atoms with van der Waals surface area (Å²) in [6.07, 6.45) is 3.98. The van der Waals surface area contributed by atoms with Crippen molar-refractivity contribution < 1.29 is 9.18 Å². The Morgan fingerprint density at radius 2 is 2.26 bits per heavy atom. The Bertz CT molecular complexity index is 682. The summed E-state index contributed by atoms with van der Waals surface area (Å²) in [6, 6.07) is 6.30. The summed E-state index contributed by atoms with van der Waals surface area (Å²) in [7, 11) is 0. The van der Waals surface area contributed by atoms with Crippen LogP contribution in [0.2, 0.25) is 0 Å². The lowest BCUT2D eigenvalue weighted by Gasteiger charge is -2.22. The van der Waals surface area contributed by atoms with E-state index in [0.29, 0.717) is 11.4 Å². The molecule has 1 aromatic carbocycles. The molecule has 2 N–H and O–H groups in total. The zero-order valence-corrected chi connectivity index (χ0v) is 13.7. The molecule has 7 heteroatoms. The fourth-order valence-corrected chi connectivity index (χ4v) is 2.64. The van der Waals surface area contributed by atoms with Crippen LogP contribution in [0.3, 0.4) is 0 Å². The molecule has 0 saturated carbocycles. The summed E-state index contributed by atoms with van der Waals surface area (Å²) >= 11 is 0. The van der Waals surface area contributed by atoms with E-state index in [4.69, 9.17) is 0 Å². The largest absolute Gasteiger partial charge is 0.320 e. The number of hydrogen-bond donors (Lipinski definition) is 2. The highest BCUT2D eigenvalue weighted by atomic mass is 35.5. The van der Waals surface area contributed by atoms with Crippen LogP contribution in [0.15, 0.2) is 30.5 Å². The third-order valence-corrected chi connectivity index (χ3v) is 3.93. The second-order valence-corrected chi connectivity index (χ2v) is 5.59. The highest BCUT2D eigenvalue weighted by molar-refractivity contribution is 6.03. The van der Waals surface area contributed by atoms with Crippen LogP contribution in [0.4, 0.5) is 10.1 Å². The molecule has 0 spiro atoms. The summed E-state index contributed by atoms with van der Waals surface area (Å²) in [5, 5.41) is 10.4. The third-order valence-electron chi connectivity index (χ3n) is 3.93. The van der Waals surface area contributed by atoms with Gasteiger partial charge in [0.1, 0.15) is 5.82 Å². The van der Waals surface area contributed by atoms with Gasteiger partial charge in [-0.25, -0.2) is 4.39 Å². The molecule has 1 aliphatic heterocycles. The first-order chi connectivity index (χ1) is 10.6. The van der Waals surface area contributed by atoms with Crippen LogP contribution in [-0.2, 0) is 0 Å². The standard InChI is InChI=1S/C16H19FN4O.ClH/c1-11-4-5-12(17)9-15(11)19-16(22)14-6-8-21(20-14)13-3-2-7-18-10-13;/h4-6,8-9,13,18H,2-3,7,10H2,1H3,(H,19,22);1H. The van der Waals surface area contributed by atoms with Gasteiger partial charge < -0.3 is 10.6 Å². The maximum absolute atomic E-state index is 13.3. The highest BCUT2D eigenvalue weighted by Crippen LogP contribution is 2.18. The van der Waals surface area contributed by atoms with Gasteiger partial charge in [-0.2, -0.15) is 5.10 Å². The van der Waals surface area contributed by atoms with Gasteiger partial charge in [0.25, 0.3) is 5.91 Å². The molecule has 23 heavy (non-hydrogen) atoms. The van der Waals surface area contributed by atoms with Crippen molar-refractivity contribution in [2.45, 2.75) is 25.8 Å². The molecule has 1 aromatic heterocycles. The van der Waals surface area contributed by atoms with E-state index in [1.54, 1.807) is 12.1 Å². The van der Waals surface area contributed by atoms with Crippen molar-refractivity contribution >= 4 is 24.0 Å². The summed E-state index contributed by atoms with van der Waals surface area (Å²) in [6.45, 7) is 3.72. The summed E-state index contributed by atoms with van der Waals surface area (Å²) in [5.74, 6) is -0.698. The van der Waals surface area contributed by atoms with Crippen molar-refractivity contribution in [2.75, 3.05) is 18.4 Å². The molecule has 3 rings (SSSR count). The maximum atomic E-state index is 13.3. The first-order valence-electron chi connectivity index (χ1n) is 7.47. The number of benzene rings is 1. The van der Waals surface area contributed by atoms with Crippen molar-refractivity contribution in [3.05, 3.63) is 47.5 Å². The highest BCUT2D eigenvalue weighted by Gasteiger charge is 2.18. The van der Waals surface area contributed by atoms with Crippen LogP contribution in [-0.4, -0.2) is 28.8 Å². The number of nitrogens with zero attached hydrogens (tertiary/aromatic N) is 2. The number of aryl methyl sites for hydroxylation is 1. The van der Waals surface area contributed by atoms with E-state index >= 15 is 0 Å². The first kappa shape index (κ1) is 17.4. The quantitative estimate of drug-likeness (QED) is 0.904. The number of amides is 1. The molecule has 0 bridgehead atoms. The number of carbonyl (C=O) groups excluding carboxylic acids is 1. The molecule has 0 aliphatic carbocycles. The molecule has 1 amide bonds. The molecule has 1 saturated heterocycles. The lowest BCUT2D eigenvalue weighted by atomic mass is 10.1. The Hall–Kier alpha value is -1.92. The van der Waals surface area contributed by atoms with Gasteiger partial charge in [-0.1, -0.05) is 6.07 Å². The SMILES string of the molecule is Cc1ccc(F)cc1NC(=O)c1ccn(C2CCCNC2)n1.Cl. The minimum absolute atomic E-state index is 0. The summed E-state index contributed by atoms with van der Waals surface area (Å²) in [5.41, 5.74) is 1.62. The van der Waals surface area contributed by atoms with E-state index in [1.807, 2.05) is 17.8 Å². The van der Waals surface area contributed by atoms with Crippen LogP contribution in [0.25, 0.3) is 0 Å². The molecular weight excluding hydrogens is 319 g/mol. The van der Waals surface area contributed by atoms with Crippen molar-refractivity contribution in [1.29, 1.82) is 0 Å². The predicted molar refractivity (Wildman–Crippen MR) is 89.7 cm³/mol. The molecular formula is C16H20ClFN4O. The van der Waals surface area contributed by atoms with Gasteiger partial charge >= 0.3 is 0 Å². The first-order valence-corrected chi connectivity index (χ1v) is 7.47. The molecule has 0 radical (unpaired) electrons. The zero-order valence-electron chi connectivity index (χ0n) is 12.9. The minimum Gasteiger partial charge on any atom is -0.320 e. The van der Waals surface area contributed by atoms with Crippen molar-refractivity contribution in [2.24, 2.45) is 0 Å². The van der Waals surface area contributed by atoms with Crippen molar-refractivity contribution in [3.63, 3.8) is 0 Å². The predicted octanol–water partition coefficient (Wildman–Crippen LogP) is 2.93. The van der Waals surface area contributed by atoms with Crippen LogP contribution in [0, 0.1) is 12.7 Å². The van der Waals surface area contributed by atoms with E-state index in [2.05, 4.69) is 15.7 Å². The number of carbonyl (C=O) groups is 1. The smallest absolute Gasteiger partial charge is 0.276 e. The number of rotatable bonds is 3. The third kappa shape index (κ3) is 4.09. The van der Waals surface area contributed by atoms with Crippen molar-refractivity contribution in [1.82, 2.24) is 15.1 Å². The Balaban J connectivity index is 0.00000192. The molecule has 1 aliphatic rings. The Morgan fingerprint density at radius 3 is 3.00 bits per heavy atom. The number of nitrogens with one attached hydrogen (secondary N) is 2. The van der Waals surface area contributed by atoms with Gasteiger partial charge in [-0.3, -0.25) is 9.48 Å². The summed E-state index contributed by atoms with van der Waals surface area (Å²) < 4.78 is 15.1. The van der Waals surface area contributed by atoms with E-state index < -0.39 is 0 Å². The second kappa shape index (κ2) is 7.57. The number of hydrogen-bond acceptors (Lipinski definition) is 3. The second-order valence-electron chi connectivity index (χ2n) is 5.59. The van der Waals surface area contributed by atoms with Gasteiger partial charge in [0.2, 0.25) is 0 Å². The Labute approximate surface area is 140 Å². The van der Waals surface area contributed by atoms with Gasteiger partial charge in [0, 0.05) is 18.4 Å². The summed E-state index contributed by atoms with van der Waals surface area (Å²) in [4.78, 5) is 12.2. The molecule has 2 aromatic rings. The fraction of sp³-hybridized carbons (Fsp3) is 0.375. The molecule has 1 unspecified atom stereocenters. The molecule has 124 valence electrons. The Kier molecular flexibility index (Phi) is 5.74. The Morgan fingerprint density at radius 1 is 1.43 bits per heavy atom. The number of halogens is 2. The number of anilines is 1. The fourth-order valence-electron chi connectivity index (χ4n) is 2.64. The molecule has 5 nitrogen and oxygen atoms in total.